The molecule has 0 aliphatic carbocycles. The van der Waals surface area contributed by atoms with Crippen LogP contribution in [0.5, 0.6) is 0 Å². The van der Waals surface area contributed by atoms with Crippen LogP contribution in [0.2, 0.25) is 5.22 Å². The van der Waals surface area contributed by atoms with Crippen molar-refractivity contribution in [3.63, 3.8) is 0 Å². The van der Waals surface area contributed by atoms with E-state index in [1.54, 1.807) is 0 Å². The fourth-order valence-electron chi connectivity index (χ4n) is 3.06. The third kappa shape index (κ3) is 3.58. The summed E-state index contributed by atoms with van der Waals surface area (Å²) in [4.78, 5) is 14.4. The van der Waals surface area contributed by atoms with Crippen molar-refractivity contribution in [2.24, 2.45) is 0 Å². The lowest BCUT2D eigenvalue weighted by Gasteiger charge is -2.33. The minimum Gasteiger partial charge on any atom is -0.344 e. The number of likely N-dealkylation sites (tertiary alicyclic amines) is 1. The Morgan fingerprint density at radius 1 is 1.48 bits per heavy atom. The molecule has 7 heteroatoms. The molecule has 0 radical (unpaired) electrons. The first-order valence-corrected chi connectivity index (χ1v) is 8.31. The Morgan fingerprint density at radius 2 is 2.30 bits per heavy atom. The van der Waals surface area contributed by atoms with Gasteiger partial charge < -0.3 is 9.42 Å². The molecule has 1 aliphatic rings. The van der Waals surface area contributed by atoms with Gasteiger partial charge in [0.1, 0.15) is 0 Å². The minimum atomic E-state index is 0.148. The van der Waals surface area contributed by atoms with E-state index in [0.717, 1.165) is 42.8 Å². The zero-order valence-corrected chi connectivity index (χ0v) is 14.2. The summed E-state index contributed by atoms with van der Waals surface area (Å²) in [6.45, 7) is 5.40. The molecule has 0 spiro atoms. The summed E-state index contributed by atoms with van der Waals surface area (Å²) in [7, 11) is 0. The molecule has 1 unspecified atom stereocenters. The lowest BCUT2D eigenvalue weighted by Crippen LogP contribution is -2.41. The van der Waals surface area contributed by atoms with E-state index in [9.17, 15) is 4.79 Å². The first-order valence-electron chi connectivity index (χ1n) is 7.94. The minimum absolute atomic E-state index is 0.148. The molecule has 3 rings (SSSR count). The van der Waals surface area contributed by atoms with Gasteiger partial charge in [0.2, 0.25) is 11.1 Å². The maximum Gasteiger partial charge on any atom is 0.229 e. The number of aromatic nitrogens is 3. The Bertz CT molecular complexity index is 675. The standard InChI is InChI=1S/C16H21ClN4O2/c1-11-8-18-21(9-11)13-4-3-7-20(10-13)15(22)6-5-14-12(2)19-23-16(14)17/h8-9,13H,3-7,10H2,1-2H3. The van der Waals surface area contributed by atoms with Crippen LogP contribution in [0.15, 0.2) is 16.9 Å². The zero-order chi connectivity index (χ0) is 16.4. The molecule has 3 heterocycles. The maximum absolute atomic E-state index is 12.5. The average Bonchev–Trinajstić information content (AvgIpc) is 3.12. The SMILES string of the molecule is Cc1cnn(C2CCCN(C(=O)CCc3c(C)noc3Cl)C2)c1. The molecule has 0 N–H and O–H groups in total. The van der Waals surface area contributed by atoms with Crippen LogP contribution in [-0.2, 0) is 11.2 Å². The molecule has 1 fully saturated rings. The van der Waals surface area contributed by atoms with Gasteiger partial charge in [0.25, 0.3) is 0 Å². The Hall–Kier alpha value is -1.82. The molecular formula is C16H21ClN4O2. The molecule has 6 nitrogen and oxygen atoms in total. The number of halogens is 1. The van der Waals surface area contributed by atoms with Gasteiger partial charge in [-0.2, -0.15) is 5.10 Å². The molecule has 23 heavy (non-hydrogen) atoms. The second kappa shape index (κ2) is 6.74. The second-order valence-electron chi connectivity index (χ2n) is 6.15. The molecule has 1 saturated heterocycles. The predicted octanol–water partition coefficient (Wildman–Crippen LogP) is 2.94. The van der Waals surface area contributed by atoms with E-state index in [0.29, 0.717) is 18.1 Å². The van der Waals surface area contributed by atoms with E-state index < -0.39 is 0 Å². The fraction of sp³-hybridized carbons (Fsp3) is 0.562. The van der Waals surface area contributed by atoms with Gasteiger partial charge in [-0.25, -0.2) is 0 Å². The summed E-state index contributed by atoms with van der Waals surface area (Å²) in [5, 5.41) is 8.49. The number of hydrogen-bond donors (Lipinski definition) is 0. The quantitative estimate of drug-likeness (QED) is 0.861. The highest BCUT2D eigenvalue weighted by molar-refractivity contribution is 6.29. The number of carbonyl (C=O) groups excluding carboxylic acids is 1. The van der Waals surface area contributed by atoms with E-state index >= 15 is 0 Å². The van der Waals surface area contributed by atoms with Crippen LogP contribution in [0.1, 0.15) is 42.1 Å². The van der Waals surface area contributed by atoms with Crippen molar-refractivity contribution >= 4 is 17.5 Å². The first-order chi connectivity index (χ1) is 11.0. The van der Waals surface area contributed by atoms with Crippen LogP contribution >= 0.6 is 11.6 Å². The summed E-state index contributed by atoms with van der Waals surface area (Å²) < 4.78 is 6.91. The Morgan fingerprint density at radius 3 is 2.96 bits per heavy atom. The number of rotatable bonds is 4. The lowest BCUT2D eigenvalue weighted by atomic mass is 10.0. The van der Waals surface area contributed by atoms with Gasteiger partial charge in [-0.1, -0.05) is 5.16 Å². The third-order valence-electron chi connectivity index (χ3n) is 4.38. The van der Waals surface area contributed by atoms with Crippen molar-refractivity contribution in [2.45, 2.75) is 45.6 Å². The molecule has 2 aromatic rings. The molecule has 0 aromatic carbocycles. The number of carbonyl (C=O) groups is 1. The summed E-state index contributed by atoms with van der Waals surface area (Å²) in [5.41, 5.74) is 2.73. The van der Waals surface area contributed by atoms with Gasteiger partial charge in [0, 0.05) is 31.3 Å². The fourth-order valence-corrected chi connectivity index (χ4v) is 3.33. The van der Waals surface area contributed by atoms with Gasteiger partial charge in [0.15, 0.2) is 0 Å². The molecule has 0 saturated carbocycles. The average molecular weight is 337 g/mol. The van der Waals surface area contributed by atoms with Gasteiger partial charge >= 0.3 is 0 Å². The largest absolute Gasteiger partial charge is 0.344 e. The number of piperidine rings is 1. The first kappa shape index (κ1) is 16.1. The van der Waals surface area contributed by atoms with Crippen molar-refractivity contribution in [3.05, 3.63) is 34.4 Å². The van der Waals surface area contributed by atoms with Crippen LogP contribution in [0.4, 0.5) is 0 Å². The Balaban J connectivity index is 1.59. The van der Waals surface area contributed by atoms with Crippen molar-refractivity contribution in [3.8, 4) is 0 Å². The van der Waals surface area contributed by atoms with E-state index in [1.807, 2.05) is 35.8 Å². The van der Waals surface area contributed by atoms with Crippen molar-refractivity contribution in [2.75, 3.05) is 13.1 Å². The van der Waals surface area contributed by atoms with E-state index in [2.05, 4.69) is 10.3 Å². The van der Waals surface area contributed by atoms with Crippen molar-refractivity contribution in [1.29, 1.82) is 0 Å². The smallest absolute Gasteiger partial charge is 0.229 e. The van der Waals surface area contributed by atoms with E-state index in [1.165, 1.54) is 0 Å². The molecule has 124 valence electrons. The normalized spacial score (nSPS) is 18.4. The summed E-state index contributed by atoms with van der Waals surface area (Å²) >= 11 is 5.95. The molecule has 1 atom stereocenters. The van der Waals surface area contributed by atoms with Crippen molar-refractivity contribution in [1.82, 2.24) is 19.8 Å². The monoisotopic (exact) mass is 336 g/mol. The molecule has 1 amide bonds. The van der Waals surface area contributed by atoms with Gasteiger partial charge in [-0.15, -0.1) is 0 Å². The second-order valence-corrected chi connectivity index (χ2v) is 6.50. The van der Waals surface area contributed by atoms with Crippen LogP contribution in [0.3, 0.4) is 0 Å². The third-order valence-corrected chi connectivity index (χ3v) is 4.68. The van der Waals surface area contributed by atoms with Crippen molar-refractivity contribution < 1.29 is 9.32 Å². The van der Waals surface area contributed by atoms with Crippen LogP contribution in [0.25, 0.3) is 0 Å². The number of amides is 1. The summed E-state index contributed by atoms with van der Waals surface area (Å²) in [5.74, 6) is 0.148. The highest BCUT2D eigenvalue weighted by atomic mass is 35.5. The number of hydrogen-bond acceptors (Lipinski definition) is 4. The Labute approximate surface area is 140 Å². The highest BCUT2D eigenvalue weighted by Crippen LogP contribution is 2.24. The topological polar surface area (TPSA) is 64.2 Å². The molecule has 0 bridgehead atoms. The van der Waals surface area contributed by atoms with Crippen LogP contribution in [0, 0.1) is 13.8 Å². The molecule has 1 aliphatic heterocycles. The van der Waals surface area contributed by atoms with E-state index in [-0.39, 0.29) is 11.9 Å². The lowest BCUT2D eigenvalue weighted by molar-refractivity contribution is -0.132. The number of aryl methyl sites for hydroxylation is 2. The van der Waals surface area contributed by atoms with Gasteiger partial charge in [-0.3, -0.25) is 9.48 Å². The Kier molecular flexibility index (Phi) is 4.71. The highest BCUT2D eigenvalue weighted by Gasteiger charge is 2.25. The van der Waals surface area contributed by atoms with E-state index in [4.69, 9.17) is 16.1 Å². The summed E-state index contributed by atoms with van der Waals surface area (Å²) in [6.07, 6.45) is 6.95. The summed E-state index contributed by atoms with van der Waals surface area (Å²) in [6, 6.07) is 0.266. The molecular weight excluding hydrogens is 316 g/mol. The number of nitrogens with zero attached hydrogens (tertiary/aromatic N) is 4. The molecule has 2 aromatic heterocycles. The zero-order valence-electron chi connectivity index (χ0n) is 13.5. The van der Waals surface area contributed by atoms with Crippen LogP contribution < -0.4 is 0 Å². The maximum atomic E-state index is 12.5. The van der Waals surface area contributed by atoms with Crippen LogP contribution in [-0.4, -0.2) is 38.8 Å². The van der Waals surface area contributed by atoms with Gasteiger partial charge in [0.05, 0.1) is 17.9 Å². The predicted molar refractivity (Wildman–Crippen MR) is 86.4 cm³/mol. The van der Waals surface area contributed by atoms with Gasteiger partial charge in [-0.05, 0) is 50.3 Å².